The fourth-order valence-corrected chi connectivity index (χ4v) is 5.17. The van der Waals surface area contributed by atoms with E-state index in [2.05, 4.69) is 20.9 Å². The summed E-state index contributed by atoms with van der Waals surface area (Å²) in [6.45, 7) is 3.79. The zero-order valence-corrected chi connectivity index (χ0v) is 18.1. The van der Waals surface area contributed by atoms with Gasteiger partial charge in [0.1, 0.15) is 5.82 Å². The third kappa shape index (κ3) is 4.31. The molecule has 1 saturated heterocycles. The average Bonchev–Trinajstić information content (AvgIpc) is 3.35. The summed E-state index contributed by atoms with van der Waals surface area (Å²) in [5.41, 5.74) is 2.62. The number of hydrogen-bond acceptors (Lipinski definition) is 6. The SMILES string of the molecule is O=C(c1cccs1)N1CCc2nc(C3CCN(Cc4cccnc4)CC3)[nH]c(=O)c2C1. The lowest BCUT2D eigenvalue weighted by Gasteiger charge is -2.32. The van der Waals surface area contributed by atoms with E-state index in [4.69, 9.17) is 4.98 Å². The molecule has 1 amide bonds. The van der Waals surface area contributed by atoms with Crippen LogP contribution in [0.2, 0.25) is 0 Å². The third-order valence-corrected chi connectivity index (χ3v) is 7.07. The molecular weight excluding hydrogens is 410 g/mol. The average molecular weight is 436 g/mol. The normalized spacial score (nSPS) is 17.5. The van der Waals surface area contributed by atoms with Crippen LogP contribution in [0.1, 0.15) is 51.1 Å². The maximum Gasteiger partial charge on any atom is 0.264 e. The number of thiophene rings is 1. The molecule has 0 unspecified atom stereocenters. The lowest BCUT2D eigenvalue weighted by atomic mass is 9.95. The number of likely N-dealkylation sites (tertiary alicyclic amines) is 1. The van der Waals surface area contributed by atoms with Crippen LogP contribution in [0.15, 0.2) is 46.8 Å². The Morgan fingerprint density at radius 1 is 1.19 bits per heavy atom. The van der Waals surface area contributed by atoms with Crippen LogP contribution in [0.4, 0.5) is 0 Å². The smallest absolute Gasteiger partial charge is 0.264 e. The number of nitrogens with zero attached hydrogens (tertiary/aromatic N) is 4. The number of carbonyl (C=O) groups is 1. The number of nitrogens with one attached hydrogen (secondary N) is 1. The van der Waals surface area contributed by atoms with E-state index in [-0.39, 0.29) is 17.4 Å². The topological polar surface area (TPSA) is 82.2 Å². The summed E-state index contributed by atoms with van der Waals surface area (Å²) < 4.78 is 0. The Balaban J connectivity index is 1.25. The lowest BCUT2D eigenvalue weighted by Crippen LogP contribution is -2.40. The Morgan fingerprint density at radius 2 is 2.06 bits per heavy atom. The molecule has 5 heterocycles. The highest BCUT2D eigenvalue weighted by Gasteiger charge is 2.28. The van der Waals surface area contributed by atoms with Crippen molar-refractivity contribution in [2.75, 3.05) is 19.6 Å². The van der Waals surface area contributed by atoms with Gasteiger partial charge in [0, 0.05) is 37.8 Å². The van der Waals surface area contributed by atoms with Crippen molar-refractivity contribution in [3.63, 3.8) is 0 Å². The largest absolute Gasteiger partial charge is 0.333 e. The number of rotatable bonds is 4. The van der Waals surface area contributed by atoms with Crippen LogP contribution in [0.25, 0.3) is 0 Å². The molecule has 8 heteroatoms. The molecule has 1 N–H and O–H groups in total. The second-order valence-corrected chi connectivity index (χ2v) is 9.19. The minimum absolute atomic E-state index is 0.00915. The summed E-state index contributed by atoms with van der Waals surface area (Å²) in [6.07, 6.45) is 6.30. The van der Waals surface area contributed by atoms with E-state index in [9.17, 15) is 9.59 Å². The first kappa shape index (κ1) is 20.1. The summed E-state index contributed by atoms with van der Waals surface area (Å²) in [5.74, 6) is 1.07. The molecule has 160 valence electrons. The molecule has 0 aliphatic carbocycles. The van der Waals surface area contributed by atoms with Gasteiger partial charge >= 0.3 is 0 Å². The number of pyridine rings is 1. The molecular formula is C23H25N5O2S. The Morgan fingerprint density at radius 3 is 2.81 bits per heavy atom. The molecule has 0 radical (unpaired) electrons. The van der Waals surface area contributed by atoms with E-state index in [1.807, 2.05) is 29.8 Å². The number of carbonyl (C=O) groups excluding carboxylic acids is 1. The molecule has 0 aromatic carbocycles. The van der Waals surface area contributed by atoms with Crippen molar-refractivity contribution in [3.8, 4) is 0 Å². The van der Waals surface area contributed by atoms with Gasteiger partial charge in [0.2, 0.25) is 0 Å². The molecule has 0 saturated carbocycles. The molecule has 3 aromatic rings. The second-order valence-electron chi connectivity index (χ2n) is 8.24. The predicted octanol–water partition coefficient (Wildman–Crippen LogP) is 2.80. The molecule has 0 spiro atoms. The maximum atomic E-state index is 12.8. The van der Waals surface area contributed by atoms with Crippen molar-refractivity contribution in [3.05, 3.63) is 79.9 Å². The highest BCUT2D eigenvalue weighted by atomic mass is 32.1. The Hall–Kier alpha value is -2.84. The van der Waals surface area contributed by atoms with Crippen molar-refractivity contribution in [1.29, 1.82) is 0 Å². The van der Waals surface area contributed by atoms with Crippen LogP contribution in [-0.2, 0) is 19.5 Å². The van der Waals surface area contributed by atoms with Gasteiger partial charge in [-0.15, -0.1) is 11.3 Å². The van der Waals surface area contributed by atoms with Crippen molar-refractivity contribution in [2.45, 2.75) is 38.3 Å². The van der Waals surface area contributed by atoms with Crippen LogP contribution in [0.3, 0.4) is 0 Å². The van der Waals surface area contributed by atoms with Crippen LogP contribution in [0.5, 0.6) is 0 Å². The van der Waals surface area contributed by atoms with Crippen LogP contribution >= 0.6 is 11.3 Å². The fraction of sp³-hybridized carbons (Fsp3) is 0.391. The van der Waals surface area contributed by atoms with E-state index in [0.29, 0.717) is 30.0 Å². The monoisotopic (exact) mass is 435 g/mol. The molecule has 1 fully saturated rings. The van der Waals surface area contributed by atoms with Gasteiger partial charge < -0.3 is 9.88 Å². The summed E-state index contributed by atoms with van der Waals surface area (Å²) >= 11 is 1.43. The first-order valence-corrected chi connectivity index (χ1v) is 11.6. The van der Waals surface area contributed by atoms with Crippen molar-refractivity contribution in [2.24, 2.45) is 0 Å². The van der Waals surface area contributed by atoms with Crippen LogP contribution in [-0.4, -0.2) is 50.3 Å². The highest BCUT2D eigenvalue weighted by molar-refractivity contribution is 7.12. The van der Waals surface area contributed by atoms with Crippen molar-refractivity contribution in [1.82, 2.24) is 24.8 Å². The minimum atomic E-state index is -0.0959. The summed E-state index contributed by atoms with van der Waals surface area (Å²) in [7, 11) is 0. The molecule has 7 nitrogen and oxygen atoms in total. The quantitative estimate of drug-likeness (QED) is 0.682. The Bertz CT molecular complexity index is 1100. The number of amides is 1. The van der Waals surface area contributed by atoms with Gasteiger partial charge in [-0.1, -0.05) is 12.1 Å². The highest BCUT2D eigenvalue weighted by Crippen LogP contribution is 2.27. The van der Waals surface area contributed by atoms with E-state index in [0.717, 1.165) is 44.0 Å². The van der Waals surface area contributed by atoms with E-state index in [1.165, 1.54) is 16.9 Å². The summed E-state index contributed by atoms with van der Waals surface area (Å²) in [4.78, 5) is 42.5. The van der Waals surface area contributed by atoms with Crippen molar-refractivity contribution < 1.29 is 4.79 Å². The summed E-state index contributed by atoms with van der Waals surface area (Å²) in [5, 5.41) is 1.90. The second kappa shape index (κ2) is 8.72. The third-order valence-electron chi connectivity index (χ3n) is 6.21. The maximum absolute atomic E-state index is 12.8. The first-order valence-electron chi connectivity index (χ1n) is 10.7. The Kier molecular flexibility index (Phi) is 5.65. The molecule has 0 bridgehead atoms. The molecule has 31 heavy (non-hydrogen) atoms. The predicted molar refractivity (Wildman–Crippen MR) is 119 cm³/mol. The molecule has 2 aliphatic heterocycles. The molecule has 2 aliphatic rings. The minimum Gasteiger partial charge on any atom is -0.333 e. The van der Waals surface area contributed by atoms with Gasteiger partial charge in [-0.2, -0.15) is 0 Å². The Labute approximate surface area is 184 Å². The fourth-order valence-electron chi connectivity index (χ4n) is 4.48. The number of aromatic nitrogens is 3. The van der Waals surface area contributed by atoms with E-state index in [1.54, 1.807) is 11.1 Å². The number of H-pyrrole nitrogens is 1. The van der Waals surface area contributed by atoms with Crippen LogP contribution < -0.4 is 5.56 Å². The van der Waals surface area contributed by atoms with Crippen molar-refractivity contribution >= 4 is 17.2 Å². The lowest BCUT2D eigenvalue weighted by molar-refractivity contribution is 0.0737. The van der Waals surface area contributed by atoms with Gasteiger partial charge in [-0.25, -0.2) is 4.98 Å². The number of piperidine rings is 1. The van der Waals surface area contributed by atoms with E-state index < -0.39 is 0 Å². The molecule has 3 aromatic heterocycles. The zero-order valence-electron chi connectivity index (χ0n) is 17.3. The number of hydrogen-bond donors (Lipinski definition) is 1. The van der Waals surface area contributed by atoms with E-state index >= 15 is 0 Å². The van der Waals surface area contributed by atoms with Gasteiger partial charge in [0.05, 0.1) is 22.7 Å². The standard InChI is InChI=1S/C23H25N5O2S/c29-22-18-15-28(23(30)20-4-2-12-31-20)11-7-19(18)25-21(26-22)17-5-9-27(10-6-17)14-16-3-1-8-24-13-16/h1-4,8,12-13,17H,5-7,9-11,14-15H2,(H,25,26,29). The van der Waals surface area contributed by atoms with Gasteiger partial charge in [-0.05, 0) is 49.0 Å². The van der Waals surface area contributed by atoms with Crippen LogP contribution in [0, 0.1) is 0 Å². The molecule has 0 atom stereocenters. The van der Waals surface area contributed by atoms with Gasteiger partial charge in [-0.3, -0.25) is 19.5 Å². The van der Waals surface area contributed by atoms with Gasteiger partial charge in [0.15, 0.2) is 0 Å². The number of fused-ring (bicyclic) bond motifs is 1. The molecule has 5 rings (SSSR count). The summed E-state index contributed by atoms with van der Waals surface area (Å²) in [6, 6.07) is 7.78. The number of aromatic amines is 1. The zero-order chi connectivity index (χ0) is 21.2. The van der Waals surface area contributed by atoms with Gasteiger partial charge in [0.25, 0.3) is 11.5 Å². The first-order chi connectivity index (χ1) is 15.2.